The summed E-state index contributed by atoms with van der Waals surface area (Å²) in [4.78, 5) is 14.9. The Morgan fingerprint density at radius 3 is 2.67 bits per heavy atom. The van der Waals surface area contributed by atoms with Crippen LogP contribution in [0.25, 0.3) is 0 Å². The molecule has 1 heterocycles. The standard InChI is InChI=1S/C18H28N2O/c1-3-12-20(17-10-11-19-14-17)18(21)13-15(4-2)16-8-6-5-7-9-16/h5-9,15,17,19H,3-4,10-14H2,1-2H3. The smallest absolute Gasteiger partial charge is 0.223 e. The molecule has 0 aromatic heterocycles. The topological polar surface area (TPSA) is 32.3 Å². The molecule has 1 aromatic carbocycles. The summed E-state index contributed by atoms with van der Waals surface area (Å²) in [6.07, 6.45) is 3.77. The molecular weight excluding hydrogens is 260 g/mol. The zero-order chi connectivity index (χ0) is 15.1. The van der Waals surface area contributed by atoms with Crippen molar-refractivity contribution in [2.75, 3.05) is 19.6 Å². The number of carbonyl (C=O) groups is 1. The van der Waals surface area contributed by atoms with Gasteiger partial charge in [0.1, 0.15) is 0 Å². The summed E-state index contributed by atoms with van der Waals surface area (Å²) in [6.45, 7) is 7.20. The third-order valence-corrected chi connectivity index (χ3v) is 4.44. The molecule has 1 fully saturated rings. The average molecular weight is 288 g/mol. The van der Waals surface area contributed by atoms with Crippen molar-refractivity contribution in [2.45, 2.75) is 51.5 Å². The number of carbonyl (C=O) groups excluding carboxylic acids is 1. The quantitative estimate of drug-likeness (QED) is 0.836. The van der Waals surface area contributed by atoms with Crippen molar-refractivity contribution in [1.29, 1.82) is 0 Å². The molecule has 2 atom stereocenters. The van der Waals surface area contributed by atoms with E-state index in [1.54, 1.807) is 0 Å². The number of rotatable bonds is 7. The van der Waals surface area contributed by atoms with Gasteiger partial charge < -0.3 is 10.2 Å². The van der Waals surface area contributed by atoms with Crippen LogP contribution in [0, 0.1) is 0 Å². The fourth-order valence-corrected chi connectivity index (χ4v) is 3.21. The van der Waals surface area contributed by atoms with Crippen LogP contribution in [0.4, 0.5) is 0 Å². The molecule has 1 amide bonds. The molecule has 0 radical (unpaired) electrons. The van der Waals surface area contributed by atoms with Crippen LogP contribution in [-0.2, 0) is 4.79 Å². The molecule has 1 aliphatic heterocycles. The zero-order valence-electron chi connectivity index (χ0n) is 13.3. The highest BCUT2D eigenvalue weighted by molar-refractivity contribution is 5.77. The number of amides is 1. The van der Waals surface area contributed by atoms with E-state index in [0.717, 1.165) is 38.9 Å². The average Bonchev–Trinajstić information content (AvgIpc) is 3.05. The third-order valence-electron chi connectivity index (χ3n) is 4.44. The lowest BCUT2D eigenvalue weighted by Crippen LogP contribution is -2.42. The van der Waals surface area contributed by atoms with Gasteiger partial charge in [-0.25, -0.2) is 0 Å². The van der Waals surface area contributed by atoms with Crippen molar-refractivity contribution >= 4 is 5.91 Å². The Kier molecular flexibility index (Phi) is 6.24. The number of nitrogens with one attached hydrogen (secondary N) is 1. The van der Waals surface area contributed by atoms with Gasteiger partial charge >= 0.3 is 0 Å². The number of hydrogen-bond acceptors (Lipinski definition) is 2. The molecule has 0 saturated carbocycles. The van der Waals surface area contributed by atoms with Crippen molar-refractivity contribution in [1.82, 2.24) is 10.2 Å². The van der Waals surface area contributed by atoms with Crippen LogP contribution in [0.1, 0.15) is 51.0 Å². The molecule has 1 saturated heterocycles. The number of nitrogens with zero attached hydrogens (tertiary/aromatic N) is 1. The fourth-order valence-electron chi connectivity index (χ4n) is 3.21. The molecule has 2 rings (SSSR count). The Morgan fingerprint density at radius 2 is 2.10 bits per heavy atom. The maximum absolute atomic E-state index is 12.8. The normalized spacial score (nSPS) is 19.4. The van der Waals surface area contributed by atoms with E-state index in [2.05, 4.69) is 48.3 Å². The van der Waals surface area contributed by atoms with Crippen LogP contribution >= 0.6 is 0 Å². The first-order valence-corrected chi connectivity index (χ1v) is 8.31. The molecule has 3 nitrogen and oxygen atoms in total. The van der Waals surface area contributed by atoms with Gasteiger partial charge in [0.2, 0.25) is 5.91 Å². The minimum Gasteiger partial charge on any atom is -0.338 e. The Labute approximate surface area is 128 Å². The lowest BCUT2D eigenvalue weighted by atomic mass is 9.92. The van der Waals surface area contributed by atoms with E-state index >= 15 is 0 Å². The van der Waals surface area contributed by atoms with Gasteiger partial charge in [-0.05, 0) is 37.3 Å². The minimum absolute atomic E-state index is 0.321. The first-order valence-electron chi connectivity index (χ1n) is 8.31. The van der Waals surface area contributed by atoms with Gasteiger partial charge in [-0.1, -0.05) is 44.2 Å². The van der Waals surface area contributed by atoms with Gasteiger partial charge in [-0.15, -0.1) is 0 Å². The summed E-state index contributed by atoms with van der Waals surface area (Å²) in [6, 6.07) is 10.8. The van der Waals surface area contributed by atoms with Crippen molar-refractivity contribution in [2.24, 2.45) is 0 Å². The molecule has 21 heavy (non-hydrogen) atoms. The summed E-state index contributed by atoms with van der Waals surface area (Å²) >= 11 is 0. The van der Waals surface area contributed by atoms with E-state index in [-0.39, 0.29) is 0 Å². The lowest BCUT2D eigenvalue weighted by Gasteiger charge is -2.30. The number of benzene rings is 1. The molecule has 1 aromatic rings. The first-order chi connectivity index (χ1) is 10.3. The molecule has 3 heteroatoms. The van der Waals surface area contributed by atoms with Crippen LogP contribution in [0.2, 0.25) is 0 Å². The Bertz CT molecular complexity index is 426. The molecule has 2 unspecified atom stereocenters. The lowest BCUT2D eigenvalue weighted by molar-refractivity contribution is -0.133. The van der Waals surface area contributed by atoms with E-state index < -0.39 is 0 Å². The van der Waals surface area contributed by atoms with Gasteiger partial charge in [0.15, 0.2) is 0 Å². The van der Waals surface area contributed by atoms with Gasteiger partial charge in [-0.2, -0.15) is 0 Å². The maximum Gasteiger partial charge on any atom is 0.223 e. The van der Waals surface area contributed by atoms with E-state index in [9.17, 15) is 4.79 Å². The fraction of sp³-hybridized carbons (Fsp3) is 0.611. The van der Waals surface area contributed by atoms with Crippen molar-refractivity contribution in [3.8, 4) is 0 Å². The van der Waals surface area contributed by atoms with Crippen LogP contribution in [0.5, 0.6) is 0 Å². The van der Waals surface area contributed by atoms with E-state index in [0.29, 0.717) is 24.3 Å². The van der Waals surface area contributed by atoms with Crippen LogP contribution in [-0.4, -0.2) is 36.5 Å². The second-order valence-electron chi connectivity index (χ2n) is 5.95. The summed E-state index contributed by atoms with van der Waals surface area (Å²) in [5, 5.41) is 3.37. The molecule has 1 N–H and O–H groups in total. The van der Waals surface area contributed by atoms with Crippen molar-refractivity contribution in [3.63, 3.8) is 0 Å². The highest BCUT2D eigenvalue weighted by Crippen LogP contribution is 2.25. The van der Waals surface area contributed by atoms with Gasteiger partial charge in [0.25, 0.3) is 0 Å². The molecule has 0 bridgehead atoms. The van der Waals surface area contributed by atoms with Crippen LogP contribution in [0.15, 0.2) is 30.3 Å². The second-order valence-corrected chi connectivity index (χ2v) is 5.95. The van der Waals surface area contributed by atoms with E-state index in [4.69, 9.17) is 0 Å². The summed E-state index contributed by atoms with van der Waals surface area (Å²) < 4.78 is 0. The Hall–Kier alpha value is -1.35. The molecule has 0 aliphatic carbocycles. The first kappa shape index (κ1) is 16.0. The van der Waals surface area contributed by atoms with E-state index in [1.165, 1.54) is 5.56 Å². The Morgan fingerprint density at radius 1 is 1.33 bits per heavy atom. The van der Waals surface area contributed by atoms with E-state index in [1.807, 2.05) is 6.07 Å². The minimum atomic E-state index is 0.321. The predicted molar refractivity (Wildman–Crippen MR) is 87.4 cm³/mol. The second kappa shape index (κ2) is 8.18. The zero-order valence-corrected chi connectivity index (χ0v) is 13.3. The molecule has 116 valence electrons. The summed E-state index contributed by atoms with van der Waals surface area (Å²) in [5.74, 6) is 0.661. The predicted octanol–water partition coefficient (Wildman–Crippen LogP) is 3.17. The highest BCUT2D eigenvalue weighted by atomic mass is 16.2. The third kappa shape index (κ3) is 4.31. The van der Waals surface area contributed by atoms with Crippen molar-refractivity contribution < 1.29 is 4.79 Å². The Balaban J connectivity index is 2.02. The monoisotopic (exact) mass is 288 g/mol. The molecule has 1 aliphatic rings. The van der Waals surface area contributed by atoms with Crippen LogP contribution in [0.3, 0.4) is 0 Å². The van der Waals surface area contributed by atoms with Gasteiger partial charge in [0.05, 0.1) is 0 Å². The SMILES string of the molecule is CCCN(C(=O)CC(CC)c1ccccc1)C1CCNC1. The van der Waals surface area contributed by atoms with Gasteiger partial charge in [-0.3, -0.25) is 4.79 Å². The van der Waals surface area contributed by atoms with Crippen LogP contribution < -0.4 is 5.32 Å². The largest absolute Gasteiger partial charge is 0.338 e. The molecular formula is C18H28N2O. The summed E-state index contributed by atoms with van der Waals surface area (Å²) in [7, 11) is 0. The maximum atomic E-state index is 12.8. The van der Waals surface area contributed by atoms with Crippen molar-refractivity contribution in [3.05, 3.63) is 35.9 Å². The molecule has 0 spiro atoms. The van der Waals surface area contributed by atoms with Gasteiger partial charge in [0, 0.05) is 25.6 Å². The summed E-state index contributed by atoms with van der Waals surface area (Å²) in [5.41, 5.74) is 1.29. The highest BCUT2D eigenvalue weighted by Gasteiger charge is 2.27. The number of hydrogen-bond donors (Lipinski definition) is 1.